The first-order valence-corrected chi connectivity index (χ1v) is 6.66. The Morgan fingerprint density at radius 3 is 2.85 bits per heavy atom. The highest BCUT2D eigenvalue weighted by Crippen LogP contribution is 2.19. The van der Waals surface area contributed by atoms with Crippen LogP contribution in [0.25, 0.3) is 0 Å². The van der Waals surface area contributed by atoms with E-state index in [1.165, 1.54) is 0 Å². The van der Waals surface area contributed by atoms with Crippen molar-refractivity contribution in [3.05, 3.63) is 47.6 Å². The lowest BCUT2D eigenvalue weighted by Crippen LogP contribution is -2.26. The monoisotopic (exact) mass is 272 g/mol. The van der Waals surface area contributed by atoms with Gasteiger partial charge in [0.25, 0.3) is 11.7 Å². The molecule has 1 saturated carbocycles. The summed E-state index contributed by atoms with van der Waals surface area (Å²) in [4.78, 5) is 15.8. The van der Waals surface area contributed by atoms with Crippen molar-refractivity contribution in [2.24, 2.45) is 5.73 Å². The van der Waals surface area contributed by atoms with Crippen LogP contribution in [0.15, 0.2) is 34.9 Å². The van der Waals surface area contributed by atoms with Gasteiger partial charge < -0.3 is 15.6 Å². The Balaban J connectivity index is 1.63. The van der Waals surface area contributed by atoms with Gasteiger partial charge in [0.1, 0.15) is 0 Å². The third-order valence-corrected chi connectivity index (χ3v) is 3.21. The summed E-state index contributed by atoms with van der Waals surface area (Å²) >= 11 is 0. The average molecular weight is 272 g/mol. The lowest BCUT2D eigenvalue weighted by atomic mass is 10.1. The fourth-order valence-corrected chi connectivity index (χ4v) is 1.91. The molecule has 0 radical (unpaired) electrons. The Hall–Kier alpha value is -2.21. The molecule has 1 fully saturated rings. The van der Waals surface area contributed by atoms with E-state index < -0.39 is 0 Å². The SMILES string of the molecule is NC(Cc1nc(C(=O)NC2CC2)no1)c1ccccc1. The summed E-state index contributed by atoms with van der Waals surface area (Å²) in [6.45, 7) is 0. The lowest BCUT2D eigenvalue weighted by molar-refractivity contribution is 0.0937. The number of amides is 1. The Labute approximate surface area is 116 Å². The van der Waals surface area contributed by atoms with Gasteiger partial charge in [0.05, 0.1) is 0 Å². The molecule has 0 spiro atoms. The van der Waals surface area contributed by atoms with Crippen molar-refractivity contribution < 1.29 is 9.32 Å². The zero-order valence-electron chi connectivity index (χ0n) is 11.0. The fourth-order valence-electron chi connectivity index (χ4n) is 1.91. The molecule has 3 N–H and O–H groups in total. The molecule has 6 heteroatoms. The molecule has 0 bridgehead atoms. The van der Waals surface area contributed by atoms with Crippen LogP contribution in [-0.2, 0) is 6.42 Å². The topological polar surface area (TPSA) is 94.0 Å². The minimum absolute atomic E-state index is 0.0761. The van der Waals surface area contributed by atoms with E-state index in [9.17, 15) is 4.79 Å². The average Bonchev–Trinajstić information content (AvgIpc) is 3.15. The second-order valence-corrected chi connectivity index (χ2v) is 4.98. The number of nitrogens with two attached hydrogens (primary N) is 1. The summed E-state index contributed by atoms with van der Waals surface area (Å²) in [6.07, 6.45) is 2.46. The molecule has 1 aliphatic rings. The van der Waals surface area contributed by atoms with E-state index >= 15 is 0 Å². The van der Waals surface area contributed by atoms with E-state index in [2.05, 4.69) is 15.5 Å². The number of aromatic nitrogens is 2. The van der Waals surface area contributed by atoms with E-state index in [-0.39, 0.29) is 23.8 Å². The van der Waals surface area contributed by atoms with Crippen molar-refractivity contribution >= 4 is 5.91 Å². The van der Waals surface area contributed by atoms with Crippen LogP contribution in [0.1, 0.15) is 41.0 Å². The molecular formula is C14H16N4O2. The van der Waals surface area contributed by atoms with Crippen LogP contribution in [0, 0.1) is 0 Å². The summed E-state index contributed by atoms with van der Waals surface area (Å²) in [5, 5.41) is 6.50. The zero-order chi connectivity index (χ0) is 13.9. The van der Waals surface area contributed by atoms with Crippen LogP contribution in [0.2, 0.25) is 0 Å². The molecule has 1 aliphatic carbocycles. The van der Waals surface area contributed by atoms with Crippen LogP contribution in [0.3, 0.4) is 0 Å². The highest BCUT2D eigenvalue weighted by molar-refractivity contribution is 5.90. The number of nitrogens with one attached hydrogen (secondary N) is 1. The van der Waals surface area contributed by atoms with Crippen molar-refractivity contribution in [2.75, 3.05) is 0 Å². The van der Waals surface area contributed by atoms with Gasteiger partial charge in [-0.3, -0.25) is 4.79 Å². The van der Waals surface area contributed by atoms with E-state index in [4.69, 9.17) is 10.3 Å². The largest absolute Gasteiger partial charge is 0.346 e. The van der Waals surface area contributed by atoms with E-state index in [1.54, 1.807) is 0 Å². The minimum Gasteiger partial charge on any atom is -0.346 e. The molecule has 6 nitrogen and oxygen atoms in total. The van der Waals surface area contributed by atoms with Gasteiger partial charge in [-0.15, -0.1) is 0 Å². The molecule has 1 aromatic carbocycles. The minimum atomic E-state index is -0.282. The maximum Gasteiger partial charge on any atom is 0.292 e. The molecule has 3 rings (SSSR count). The molecule has 20 heavy (non-hydrogen) atoms. The van der Waals surface area contributed by atoms with Gasteiger partial charge in [0.15, 0.2) is 0 Å². The number of rotatable bonds is 5. The predicted molar refractivity (Wildman–Crippen MR) is 71.9 cm³/mol. The molecule has 1 heterocycles. The second kappa shape index (κ2) is 5.42. The quantitative estimate of drug-likeness (QED) is 0.853. The standard InChI is InChI=1S/C14H16N4O2/c15-11(9-4-2-1-3-5-9)8-12-17-13(18-20-12)14(19)16-10-6-7-10/h1-5,10-11H,6-8,15H2,(H,16,19). The Kier molecular flexibility index (Phi) is 3.47. The normalized spacial score (nSPS) is 15.8. The van der Waals surface area contributed by atoms with Gasteiger partial charge in [0.2, 0.25) is 5.89 Å². The number of hydrogen-bond acceptors (Lipinski definition) is 5. The third-order valence-electron chi connectivity index (χ3n) is 3.21. The van der Waals surface area contributed by atoms with Crippen LogP contribution < -0.4 is 11.1 Å². The number of benzene rings is 1. The van der Waals surface area contributed by atoms with Crippen molar-refractivity contribution in [3.63, 3.8) is 0 Å². The van der Waals surface area contributed by atoms with E-state index in [1.807, 2.05) is 30.3 Å². The molecular weight excluding hydrogens is 256 g/mol. The summed E-state index contributed by atoms with van der Waals surface area (Å²) in [6, 6.07) is 9.73. The van der Waals surface area contributed by atoms with Gasteiger partial charge in [0, 0.05) is 18.5 Å². The first kappa shape index (κ1) is 12.8. The smallest absolute Gasteiger partial charge is 0.292 e. The first-order valence-electron chi connectivity index (χ1n) is 6.66. The van der Waals surface area contributed by atoms with Gasteiger partial charge in [-0.05, 0) is 18.4 Å². The molecule has 1 amide bonds. The van der Waals surface area contributed by atoms with Crippen LogP contribution in [-0.4, -0.2) is 22.1 Å². The second-order valence-electron chi connectivity index (χ2n) is 4.98. The molecule has 1 unspecified atom stereocenters. The fraction of sp³-hybridized carbons (Fsp3) is 0.357. The number of hydrogen-bond donors (Lipinski definition) is 2. The molecule has 2 aromatic rings. The Bertz CT molecular complexity index is 592. The van der Waals surface area contributed by atoms with Crippen molar-refractivity contribution in [3.8, 4) is 0 Å². The van der Waals surface area contributed by atoms with E-state index in [0.717, 1.165) is 18.4 Å². The third kappa shape index (κ3) is 3.03. The first-order chi connectivity index (χ1) is 9.72. The number of carbonyl (C=O) groups excluding carboxylic acids is 1. The summed E-state index contributed by atoms with van der Waals surface area (Å²) in [5.41, 5.74) is 7.07. The van der Waals surface area contributed by atoms with E-state index in [0.29, 0.717) is 12.3 Å². The molecule has 0 saturated heterocycles. The Morgan fingerprint density at radius 1 is 1.40 bits per heavy atom. The van der Waals surface area contributed by atoms with Crippen molar-refractivity contribution in [1.82, 2.24) is 15.5 Å². The van der Waals surface area contributed by atoms with Crippen LogP contribution in [0.4, 0.5) is 0 Å². The van der Waals surface area contributed by atoms with Gasteiger partial charge in [-0.1, -0.05) is 35.5 Å². The van der Waals surface area contributed by atoms with Gasteiger partial charge in [-0.2, -0.15) is 4.98 Å². The van der Waals surface area contributed by atoms with Crippen LogP contribution >= 0.6 is 0 Å². The highest BCUT2D eigenvalue weighted by atomic mass is 16.5. The van der Waals surface area contributed by atoms with Crippen molar-refractivity contribution in [1.29, 1.82) is 0 Å². The van der Waals surface area contributed by atoms with Gasteiger partial charge in [-0.25, -0.2) is 0 Å². The Morgan fingerprint density at radius 2 is 2.15 bits per heavy atom. The molecule has 0 aliphatic heterocycles. The summed E-state index contributed by atoms with van der Waals surface area (Å²) < 4.78 is 5.08. The van der Waals surface area contributed by atoms with Crippen LogP contribution in [0.5, 0.6) is 0 Å². The summed E-state index contributed by atoms with van der Waals surface area (Å²) in [5.74, 6) is 0.172. The molecule has 1 atom stereocenters. The summed E-state index contributed by atoms with van der Waals surface area (Å²) in [7, 11) is 0. The number of carbonyl (C=O) groups is 1. The predicted octanol–water partition coefficient (Wildman–Crippen LogP) is 1.20. The number of nitrogens with zero attached hydrogens (tertiary/aromatic N) is 2. The van der Waals surface area contributed by atoms with Crippen molar-refractivity contribution in [2.45, 2.75) is 31.3 Å². The zero-order valence-corrected chi connectivity index (χ0v) is 11.0. The highest BCUT2D eigenvalue weighted by Gasteiger charge is 2.26. The van der Waals surface area contributed by atoms with Gasteiger partial charge >= 0.3 is 0 Å². The maximum absolute atomic E-state index is 11.7. The molecule has 104 valence electrons. The maximum atomic E-state index is 11.7. The lowest BCUT2D eigenvalue weighted by Gasteiger charge is -2.08. The molecule has 1 aromatic heterocycles.